The number of rotatable bonds is 3. The molecule has 0 saturated heterocycles. The fraction of sp³-hybridized carbons (Fsp3) is 0.467. The molecule has 6 nitrogen and oxygen atoms in total. The SMILES string of the molecule is CS(=O)(=O)C1CCC(NC(=O)c2n[nH]c3ccc(Cl)cc23)CC1. The monoisotopic (exact) mass is 355 g/mol. The highest BCUT2D eigenvalue weighted by atomic mass is 35.5. The quantitative estimate of drug-likeness (QED) is 0.883. The van der Waals surface area contributed by atoms with Crippen LogP contribution in [0.15, 0.2) is 18.2 Å². The number of sulfone groups is 1. The van der Waals surface area contributed by atoms with Gasteiger partial charge >= 0.3 is 0 Å². The number of nitrogens with one attached hydrogen (secondary N) is 2. The minimum Gasteiger partial charge on any atom is -0.348 e. The first-order chi connectivity index (χ1) is 10.8. The van der Waals surface area contributed by atoms with Crippen molar-refractivity contribution >= 4 is 38.2 Å². The summed E-state index contributed by atoms with van der Waals surface area (Å²) < 4.78 is 23.1. The first-order valence-corrected chi connectivity index (χ1v) is 9.81. The summed E-state index contributed by atoms with van der Waals surface area (Å²) in [5.74, 6) is -0.263. The van der Waals surface area contributed by atoms with Crippen LogP contribution in [0.2, 0.25) is 5.02 Å². The van der Waals surface area contributed by atoms with Crippen LogP contribution in [-0.4, -0.2) is 42.1 Å². The van der Waals surface area contributed by atoms with Crippen LogP contribution >= 0.6 is 11.6 Å². The van der Waals surface area contributed by atoms with Crippen LogP contribution in [0.1, 0.15) is 36.2 Å². The third-order valence-corrected chi connectivity index (χ3v) is 6.27. The van der Waals surface area contributed by atoms with Crippen LogP contribution in [0.4, 0.5) is 0 Å². The molecule has 124 valence electrons. The minimum atomic E-state index is -3.00. The number of carbonyl (C=O) groups is 1. The van der Waals surface area contributed by atoms with E-state index in [1.807, 2.05) is 0 Å². The zero-order chi connectivity index (χ0) is 16.6. The molecule has 0 atom stereocenters. The van der Waals surface area contributed by atoms with E-state index in [-0.39, 0.29) is 17.2 Å². The van der Waals surface area contributed by atoms with Crippen LogP contribution in [0.5, 0.6) is 0 Å². The predicted octanol–water partition coefficient (Wildman–Crippen LogP) is 2.30. The van der Waals surface area contributed by atoms with Crippen molar-refractivity contribution in [1.82, 2.24) is 15.5 Å². The number of halogens is 1. The zero-order valence-electron chi connectivity index (χ0n) is 12.7. The Balaban J connectivity index is 1.69. The number of hydrogen-bond acceptors (Lipinski definition) is 4. The number of nitrogens with zero attached hydrogens (tertiary/aromatic N) is 1. The molecule has 0 bridgehead atoms. The van der Waals surface area contributed by atoms with Crippen LogP contribution in [-0.2, 0) is 9.84 Å². The number of aromatic amines is 1. The molecular formula is C15H18ClN3O3S. The van der Waals surface area contributed by atoms with Gasteiger partial charge in [-0.3, -0.25) is 9.89 Å². The van der Waals surface area contributed by atoms with Crippen molar-refractivity contribution in [2.24, 2.45) is 0 Å². The van der Waals surface area contributed by atoms with Gasteiger partial charge in [0.2, 0.25) is 0 Å². The fourth-order valence-corrected chi connectivity index (χ4v) is 4.35. The molecule has 2 N–H and O–H groups in total. The Kier molecular flexibility index (Phi) is 4.33. The van der Waals surface area contributed by atoms with Crippen molar-refractivity contribution in [2.45, 2.75) is 37.0 Å². The molecule has 1 amide bonds. The molecule has 1 heterocycles. The highest BCUT2D eigenvalue weighted by Gasteiger charge is 2.29. The van der Waals surface area contributed by atoms with Crippen molar-refractivity contribution in [3.63, 3.8) is 0 Å². The largest absolute Gasteiger partial charge is 0.348 e. The summed E-state index contributed by atoms with van der Waals surface area (Å²) in [4.78, 5) is 12.4. The van der Waals surface area contributed by atoms with E-state index in [9.17, 15) is 13.2 Å². The second kappa shape index (κ2) is 6.13. The van der Waals surface area contributed by atoms with E-state index in [1.54, 1.807) is 18.2 Å². The maximum absolute atomic E-state index is 12.4. The van der Waals surface area contributed by atoms with Gasteiger partial charge in [0.15, 0.2) is 5.69 Å². The number of aromatic nitrogens is 2. The number of benzene rings is 1. The lowest BCUT2D eigenvalue weighted by atomic mass is 9.95. The molecule has 0 aliphatic heterocycles. The van der Waals surface area contributed by atoms with E-state index >= 15 is 0 Å². The Bertz CT molecular complexity index is 839. The van der Waals surface area contributed by atoms with Crippen molar-refractivity contribution in [2.75, 3.05) is 6.26 Å². The maximum atomic E-state index is 12.4. The third-order valence-electron chi connectivity index (χ3n) is 4.35. The van der Waals surface area contributed by atoms with E-state index in [4.69, 9.17) is 11.6 Å². The lowest BCUT2D eigenvalue weighted by Crippen LogP contribution is -2.40. The van der Waals surface area contributed by atoms with Crippen molar-refractivity contribution in [3.05, 3.63) is 28.9 Å². The van der Waals surface area contributed by atoms with Crippen LogP contribution in [0.3, 0.4) is 0 Å². The molecule has 2 aromatic rings. The second-order valence-corrected chi connectivity index (χ2v) is 8.80. The highest BCUT2D eigenvalue weighted by Crippen LogP contribution is 2.25. The van der Waals surface area contributed by atoms with Gasteiger partial charge in [-0.05, 0) is 43.9 Å². The smallest absolute Gasteiger partial charge is 0.272 e. The Morgan fingerprint density at radius 2 is 2.00 bits per heavy atom. The van der Waals surface area contributed by atoms with Crippen molar-refractivity contribution in [3.8, 4) is 0 Å². The van der Waals surface area contributed by atoms with Crippen LogP contribution in [0, 0.1) is 0 Å². The molecule has 1 aliphatic carbocycles. The lowest BCUT2D eigenvalue weighted by Gasteiger charge is -2.27. The normalized spacial score (nSPS) is 22.2. The first-order valence-electron chi connectivity index (χ1n) is 7.48. The van der Waals surface area contributed by atoms with Gasteiger partial charge in [0.25, 0.3) is 5.91 Å². The molecule has 23 heavy (non-hydrogen) atoms. The molecule has 1 aromatic heterocycles. The van der Waals surface area contributed by atoms with Gasteiger partial charge in [-0.15, -0.1) is 0 Å². The number of carbonyl (C=O) groups excluding carboxylic acids is 1. The predicted molar refractivity (Wildman–Crippen MR) is 89.5 cm³/mol. The summed E-state index contributed by atoms with van der Waals surface area (Å²) in [6.07, 6.45) is 3.75. The molecule has 1 fully saturated rings. The van der Waals surface area contributed by atoms with Gasteiger partial charge in [0.05, 0.1) is 10.8 Å². The molecule has 1 saturated carbocycles. The Morgan fingerprint density at radius 3 is 2.65 bits per heavy atom. The molecule has 3 rings (SSSR count). The molecular weight excluding hydrogens is 338 g/mol. The number of hydrogen-bond donors (Lipinski definition) is 2. The van der Waals surface area contributed by atoms with Gasteiger partial charge in [-0.2, -0.15) is 5.10 Å². The maximum Gasteiger partial charge on any atom is 0.272 e. The van der Waals surface area contributed by atoms with E-state index in [1.165, 1.54) is 6.26 Å². The molecule has 8 heteroatoms. The third kappa shape index (κ3) is 3.50. The van der Waals surface area contributed by atoms with Gasteiger partial charge < -0.3 is 5.32 Å². The van der Waals surface area contributed by atoms with Gasteiger partial charge in [-0.25, -0.2) is 8.42 Å². The average Bonchev–Trinajstić information content (AvgIpc) is 2.90. The standard InChI is InChI=1S/C15H18ClN3O3S/c1-23(21,22)11-5-3-10(4-6-11)17-15(20)14-12-8-9(16)2-7-13(12)18-19-14/h2,7-8,10-11H,3-6H2,1H3,(H,17,20)(H,18,19). The number of fused-ring (bicyclic) bond motifs is 1. The van der Waals surface area contributed by atoms with E-state index in [0.717, 1.165) is 5.52 Å². The Hall–Kier alpha value is -1.60. The Labute approximate surface area is 139 Å². The van der Waals surface area contributed by atoms with Gasteiger partial charge in [0, 0.05) is 22.7 Å². The summed E-state index contributed by atoms with van der Waals surface area (Å²) >= 11 is 5.97. The van der Waals surface area contributed by atoms with Crippen molar-refractivity contribution in [1.29, 1.82) is 0 Å². The number of amides is 1. The topological polar surface area (TPSA) is 91.9 Å². The van der Waals surface area contributed by atoms with Gasteiger partial charge in [-0.1, -0.05) is 11.6 Å². The average molecular weight is 356 g/mol. The number of H-pyrrole nitrogens is 1. The lowest BCUT2D eigenvalue weighted by molar-refractivity contribution is 0.0924. The summed E-state index contributed by atoms with van der Waals surface area (Å²) in [6, 6.07) is 5.19. The summed E-state index contributed by atoms with van der Waals surface area (Å²) in [5.41, 5.74) is 1.06. The Morgan fingerprint density at radius 1 is 1.30 bits per heavy atom. The summed E-state index contributed by atoms with van der Waals surface area (Å²) in [5, 5.41) is 10.8. The van der Waals surface area contributed by atoms with Gasteiger partial charge in [0.1, 0.15) is 9.84 Å². The highest BCUT2D eigenvalue weighted by molar-refractivity contribution is 7.91. The minimum absolute atomic E-state index is 0.0218. The molecule has 1 aromatic carbocycles. The molecule has 0 unspecified atom stereocenters. The first kappa shape index (κ1) is 16.3. The molecule has 0 radical (unpaired) electrons. The second-order valence-electron chi connectivity index (χ2n) is 6.04. The summed E-state index contributed by atoms with van der Waals surface area (Å²) in [6.45, 7) is 0. The van der Waals surface area contributed by atoms with E-state index in [2.05, 4.69) is 15.5 Å². The zero-order valence-corrected chi connectivity index (χ0v) is 14.2. The summed E-state index contributed by atoms with van der Waals surface area (Å²) in [7, 11) is -3.00. The van der Waals surface area contributed by atoms with Crippen LogP contribution < -0.4 is 5.32 Å². The molecule has 1 aliphatic rings. The van der Waals surface area contributed by atoms with Crippen molar-refractivity contribution < 1.29 is 13.2 Å². The molecule has 0 spiro atoms. The van der Waals surface area contributed by atoms with E-state index in [0.29, 0.717) is 41.8 Å². The van der Waals surface area contributed by atoms with E-state index < -0.39 is 9.84 Å². The fourth-order valence-electron chi connectivity index (χ4n) is 3.05. The van der Waals surface area contributed by atoms with Crippen LogP contribution in [0.25, 0.3) is 10.9 Å².